The molecule has 150 valence electrons. The molecule has 6 heteroatoms. The predicted molar refractivity (Wildman–Crippen MR) is 104 cm³/mol. The Bertz CT molecular complexity index is 859. The van der Waals surface area contributed by atoms with Crippen LogP contribution in [0.4, 0.5) is 0 Å². The number of rotatable bonds is 6. The van der Waals surface area contributed by atoms with Gasteiger partial charge in [0.05, 0.1) is 25.9 Å². The maximum atomic E-state index is 11.0. The van der Waals surface area contributed by atoms with E-state index in [1.807, 2.05) is 19.1 Å². The third-order valence-corrected chi connectivity index (χ3v) is 4.71. The van der Waals surface area contributed by atoms with Crippen LogP contribution in [0, 0.1) is 12.8 Å². The van der Waals surface area contributed by atoms with Crippen molar-refractivity contribution in [3.8, 4) is 23.0 Å². The zero-order chi connectivity index (χ0) is 20.3. The molecule has 1 aliphatic rings. The Kier molecular flexibility index (Phi) is 6.09. The Morgan fingerprint density at radius 3 is 2.71 bits per heavy atom. The topological polar surface area (TPSA) is 74.2 Å². The first-order valence-electron chi connectivity index (χ1n) is 9.31. The molecule has 1 unspecified atom stereocenters. The standard InChI is InChI=1S/C22H26O6/c1-13(2)7-20(27-12-23)16-5-6-19-17(22(16)25-4)11-26-10-15-8-14(3)9-18(24)21(15)28-19/h5-6,8-9,12-13,20,24H,7,10-11H2,1-4H3. The number of hydrogen-bond donors (Lipinski definition) is 1. The van der Waals surface area contributed by atoms with Gasteiger partial charge in [0, 0.05) is 11.1 Å². The van der Waals surface area contributed by atoms with Crippen LogP contribution in [0.5, 0.6) is 23.0 Å². The van der Waals surface area contributed by atoms with Gasteiger partial charge in [-0.05, 0) is 49.1 Å². The van der Waals surface area contributed by atoms with Gasteiger partial charge in [0.1, 0.15) is 17.6 Å². The molecule has 1 atom stereocenters. The molecule has 0 aliphatic carbocycles. The van der Waals surface area contributed by atoms with Crippen LogP contribution < -0.4 is 9.47 Å². The second-order valence-corrected chi connectivity index (χ2v) is 7.38. The number of carbonyl (C=O) groups is 1. The van der Waals surface area contributed by atoms with E-state index < -0.39 is 6.10 Å². The highest BCUT2D eigenvalue weighted by molar-refractivity contribution is 5.56. The van der Waals surface area contributed by atoms with E-state index in [1.54, 1.807) is 19.2 Å². The van der Waals surface area contributed by atoms with Gasteiger partial charge in [0.2, 0.25) is 0 Å². The average molecular weight is 386 g/mol. The number of ether oxygens (including phenoxy) is 4. The molecule has 0 saturated carbocycles. The fourth-order valence-corrected chi connectivity index (χ4v) is 3.53. The van der Waals surface area contributed by atoms with Crippen LogP contribution in [-0.4, -0.2) is 18.7 Å². The normalized spacial score (nSPS) is 14.2. The Hall–Kier alpha value is -2.73. The van der Waals surface area contributed by atoms with Crippen LogP contribution in [0.15, 0.2) is 24.3 Å². The maximum Gasteiger partial charge on any atom is 0.293 e. The lowest BCUT2D eigenvalue weighted by molar-refractivity contribution is -0.134. The van der Waals surface area contributed by atoms with Crippen molar-refractivity contribution in [1.82, 2.24) is 0 Å². The van der Waals surface area contributed by atoms with Crippen molar-refractivity contribution in [3.63, 3.8) is 0 Å². The number of phenols is 1. The lowest BCUT2D eigenvalue weighted by Crippen LogP contribution is -2.12. The summed E-state index contributed by atoms with van der Waals surface area (Å²) in [6.07, 6.45) is 0.241. The van der Waals surface area contributed by atoms with Crippen molar-refractivity contribution < 1.29 is 28.8 Å². The van der Waals surface area contributed by atoms with Gasteiger partial charge in [-0.25, -0.2) is 0 Å². The van der Waals surface area contributed by atoms with Gasteiger partial charge in [0.25, 0.3) is 6.47 Å². The second-order valence-electron chi connectivity index (χ2n) is 7.38. The van der Waals surface area contributed by atoms with Crippen LogP contribution in [0.3, 0.4) is 0 Å². The average Bonchev–Trinajstić information content (AvgIpc) is 2.62. The van der Waals surface area contributed by atoms with Crippen LogP contribution >= 0.6 is 0 Å². The molecular formula is C22H26O6. The van der Waals surface area contributed by atoms with Crippen LogP contribution in [0.2, 0.25) is 0 Å². The summed E-state index contributed by atoms with van der Waals surface area (Å²) in [6, 6.07) is 7.22. The first kappa shape index (κ1) is 20.0. The molecule has 0 saturated heterocycles. The van der Waals surface area contributed by atoms with Crippen molar-refractivity contribution in [2.75, 3.05) is 7.11 Å². The summed E-state index contributed by atoms with van der Waals surface area (Å²) in [4.78, 5) is 11.0. The van der Waals surface area contributed by atoms with Gasteiger partial charge in [-0.3, -0.25) is 4.79 Å². The van der Waals surface area contributed by atoms with Gasteiger partial charge < -0.3 is 24.1 Å². The zero-order valence-electron chi connectivity index (χ0n) is 16.7. The summed E-state index contributed by atoms with van der Waals surface area (Å²) >= 11 is 0. The number of phenolic OH excluding ortho intramolecular Hbond substituents is 1. The number of methoxy groups -OCH3 is 1. The van der Waals surface area contributed by atoms with Crippen molar-refractivity contribution in [2.45, 2.75) is 46.5 Å². The van der Waals surface area contributed by atoms with Gasteiger partial charge >= 0.3 is 0 Å². The highest BCUT2D eigenvalue weighted by atomic mass is 16.5. The number of benzene rings is 2. The fraction of sp³-hybridized carbons (Fsp3) is 0.409. The van der Waals surface area contributed by atoms with E-state index in [-0.39, 0.29) is 12.4 Å². The molecule has 0 spiro atoms. The highest BCUT2D eigenvalue weighted by Crippen LogP contribution is 2.44. The largest absolute Gasteiger partial charge is 0.504 e. The van der Waals surface area contributed by atoms with Crippen molar-refractivity contribution in [3.05, 3.63) is 46.5 Å². The molecule has 3 rings (SSSR count). The maximum absolute atomic E-state index is 11.0. The monoisotopic (exact) mass is 386 g/mol. The number of hydrogen-bond acceptors (Lipinski definition) is 6. The minimum Gasteiger partial charge on any atom is -0.504 e. The van der Waals surface area contributed by atoms with Crippen molar-refractivity contribution in [2.24, 2.45) is 5.92 Å². The quantitative estimate of drug-likeness (QED) is 0.720. The summed E-state index contributed by atoms with van der Waals surface area (Å²) in [5.41, 5.74) is 3.20. The third-order valence-electron chi connectivity index (χ3n) is 4.71. The van der Waals surface area contributed by atoms with Crippen LogP contribution in [0.25, 0.3) is 0 Å². The zero-order valence-corrected chi connectivity index (χ0v) is 16.7. The molecule has 6 nitrogen and oxygen atoms in total. The summed E-state index contributed by atoms with van der Waals surface area (Å²) in [7, 11) is 1.57. The smallest absolute Gasteiger partial charge is 0.293 e. The molecule has 1 N–H and O–H groups in total. The Morgan fingerprint density at radius 1 is 1.25 bits per heavy atom. The van der Waals surface area contributed by atoms with E-state index in [0.29, 0.717) is 48.2 Å². The highest BCUT2D eigenvalue weighted by Gasteiger charge is 2.26. The predicted octanol–water partition coefficient (Wildman–Crippen LogP) is 4.79. The number of aromatic hydroxyl groups is 1. The minimum atomic E-state index is -0.425. The lowest BCUT2D eigenvalue weighted by Gasteiger charge is -2.25. The van der Waals surface area contributed by atoms with Gasteiger partial charge in [0.15, 0.2) is 11.5 Å². The summed E-state index contributed by atoms with van der Waals surface area (Å²) in [5, 5.41) is 10.3. The molecule has 0 bridgehead atoms. The molecule has 0 fully saturated rings. The molecule has 28 heavy (non-hydrogen) atoms. The van der Waals surface area contributed by atoms with Gasteiger partial charge in [-0.15, -0.1) is 0 Å². The summed E-state index contributed by atoms with van der Waals surface area (Å²) in [6.45, 7) is 7.08. The molecule has 1 aliphatic heterocycles. The van der Waals surface area contributed by atoms with E-state index in [9.17, 15) is 9.90 Å². The van der Waals surface area contributed by atoms with Gasteiger partial charge in [-0.1, -0.05) is 13.8 Å². The molecule has 0 radical (unpaired) electrons. The SMILES string of the molecule is COc1c(C(CC(C)C)OC=O)ccc2c1COCc1cc(C)cc(O)c1O2. The van der Waals surface area contributed by atoms with Crippen LogP contribution in [-0.2, 0) is 27.5 Å². The fourth-order valence-electron chi connectivity index (χ4n) is 3.53. The molecule has 2 aromatic carbocycles. The van der Waals surface area contributed by atoms with E-state index in [2.05, 4.69) is 13.8 Å². The van der Waals surface area contributed by atoms with E-state index in [1.165, 1.54) is 0 Å². The van der Waals surface area contributed by atoms with E-state index >= 15 is 0 Å². The summed E-state index contributed by atoms with van der Waals surface area (Å²) in [5.74, 6) is 1.88. The van der Waals surface area contributed by atoms with Crippen molar-refractivity contribution >= 4 is 6.47 Å². The lowest BCUT2D eigenvalue weighted by atomic mass is 9.96. The Morgan fingerprint density at radius 2 is 2.04 bits per heavy atom. The minimum absolute atomic E-state index is 0.0662. The number of aryl methyl sites for hydroxylation is 1. The van der Waals surface area contributed by atoms with Gasteiger partial charge in [-0.2, -0.15) is 0 Å². The summed E-state index contributed by atoms with van der Waals surface area (Å²) < 4.78 is 22.9. The molecule has 1 heterocycles. The number of carbonyl (C=O) groups excluding carboxylic acids is 1. The molecular weight excluding hydrogens is 360 g/mol. The van der Waals surface area contributed by atoms with E-state index in [4.69, 9.17) is 18.9 Å². The number of fused-ring (bicyclic) bond motifs is 2. The second kappa shape index (κ2) is 8.52. The Balaban J connectivity index is 2.07. The molecule has 0 amide bonds. The third kappa shape index (κ3) is 4.07. The van der Waals surface area contributed by atoms with Crippen molar-refractivity contribution in [1.29, 1.82) is 0 Å². The first-order chi connectivity index (χ1) is 13.4. The van der Waals surface area contributed by atoms with Crippen LogP contribution in [0.1, 0.15) is 48.6 Å². The van der Waals surface area contributed by atoms with E-state index in [0.717, 1.165) is 16.7 Å². The molecule has 2 aromatic rings. The Labute approximate surface area is 165 Å². The first-order valence-corrected chi connectivity index (χ1v) is 9.31. The molecule has 0 aromatic heterocycles.